The van der Waals surface area contributed by atoms with Gasteiger partial charge in [-0.05, 0) is 54.8 Å². The predicted octanol–water partition coefficient (Wildman–Crippen LogP) is 2.95. The van der Waals surface area contributed by atoms with Crippen molar-refractivity contribution in [3.05, 3.63) is 59.7 Å². The molecule has 4 rings (SSSR count). The number of piperazine rings is 1. The van der Waals surface area contributed by atoms with Crippen LogP contribution < -0.4 is 4.90 Å². The van der Waals surface area contributed by atoms with Crippen LogP contribution in [0.25, 0.3) is 0 Å². The van der Waals surface area contributed by atoms with Gasteiger partial charge in [0.15, 0.2) is 0 Å². The summed E-state index contributed by atoms with van der Waals surface area (Å²) in [4.78, 5) is 19.2. The molecule has 2 fully saturated rings. The molecule has 142 valence electrons. The van der Waals surface area contributed by atoms with Gasteiger partial charge in [-0.3, -0.25) is 9.69 Å². The van der Waals surface area contributed by atoms with E-state index < -0.39 is 0 Å². The van der Waals surface area contributed by atoms with Crippen molar-refractivity contribution in [3.63, 3.8) is 0 Å². The van der Waals surface area contributed by atoms with Crippen molar-refractivity contribution in [2.45, 2.75) is 19.4 Å². The summed E-state index contributed by atoms with van der Waals surface area (Å²) in [7, 11) is 0. The normalized spacial score (nSPS) is 18.1. The summed E-state index contributed by atoms with van der Waals surface area (Å²) in [6, 6.07) is 15.6. The molecule has 0 saturated carbocycles. The lowest BCUT2D eigenvalue weighted by Gasteiger charge is -2.36. The van der Waals surface area contributed by atoms with Crippen LogP contribution in [0.15, 0.2) is 48.5 Å². The molecule has 1 amide bonds. The number of anilines is 1. The number of carbonyl (C=O) groups excluding carboxylic acids is 1. The van der Waals surface area contributed by atoms with E-state index in [-0.39, 0.29) is 5.91 Å². The highest BCUT2D eigenvalue weighted by Crippen LogP contribution is 2.20. The molecule has 2 aliphatic rings. The van der Waals surface area contributed by atoms with Gasteiger partial charge in [0.2, 0.25) is 0 Å². The second kappa shape index (κ2) is 8.01. The van der Waals surface area contributed by atoms with Crippen LogP contribution in [0.3, 0.4) is 0 Å². The summed E-state index contributed by atoms with van der Waals surface area (Å²) in [6.07, 6.45) is 2.25. The van der Waals surface area contributed by atoms with Gasteiger partial charge in [0.1, 0.15) is 5.75 Å². The van der Waals surface area contributed by atoms with Gasteiger partial charge in [0, 0.05) is 57.1 Å². The van der Waals surface area contributed by atoms with Crippen LogP contribution >= 0.6 is 0 Å². The third kappa shape index (κ3) is 4.25. The number of amides is 1. The molecule has 0 unspecified atom stereocenters. The fraction of sp³-hybridized carbons (Fsp3) is 0.409. The first-order valence-electron chi connectivity index (χ1n) is 9.83. The molecule has 2 saturated heterocycles. The quantitative estimate of drug-likeness (QED) is 0.905. The Labute approximate surface area is 160 Å². The summed E-state index contributed by atoms with van der Waals surface area (Å²) in [5.41, 5.74) is 3.22. The minimum Gasteiger partial charge on any atom is -0.508 e. The van der Waals surface area contributed by atoms with E-state index in [1.807, 2.05) is 29.2 Å². The molecule has 5 heteroatoms. The molecule has 0 aromatic heterocycles. The molecule has 0 aliphatic carbocycles. The molecule has 2 aromatic rings. The van der Waals surface area contributed by atoms with Crippen molar-refractivity contribution in [1.82, 2.24) is 9.80 Å². The number of rotatable bonds is 4. The number of nitrogens with zero attached hydrogens (tertiary/aromatic N) is 3. The summed E-state index contributed by atoms with van der Waals surface area (Å²) >= 11 is 0. The third-order valence-corrected chi connectivity index (χ3v) is 5.59. The molecule has 0 atom stereocenters. The van der Waals surface area contributed by atoms with Gasteiger partial charge in [0.25, 0.3) is 5.91 Å². The monoisotopic (exact) mass is 365 g/mol. The highest BCUT2D eigenvalue weighted by atomic mass is 16.3. The number of carbonyl (C=O) groups is 1. The van der Waals surface area contributed by atoms with Crippen LogP contribution in [-0.4, -0.2) is 60.1 Å². The Balaban J connectivity index is 1.30. The summed E-state index contributed by atoms with van der Waals surface area (Å²) < 4.78 is 0. The van der Waals surface area contributed by atoms with E-state index in [0.717, 1.165) is 69.9 Å². The molecule has 2 aromatic carbocycles. The maximum absolute atomic E-state index is 12.4. The molecular weight excluding hydrogens is 338 g/mol. The smallest absolute Gasteiger partial charge is 0.253 e. The van der Waals surface area contributed by atoms with Crippen molar-refractivity contribution in [1.29, 1.82) is 0 Å². The second-order valence-corrected chi connectivity index (χ2v) is 7.48. The molecule has 0 bridgehead atoms. The zero-order valence-corrected chi connectivity index (χ0v) is 15.7. The fourth-order valence-electron chi connectivity index (χ4n) is 3.94. The Morgan fingerprint density at radius 1 is 0.815 bits per heavy atom. The maximum atomic E-state index is 12.4. The van der Waals surface area contributed by atoms with Crippen LogP contribution in [-0.2, 0) is 6.54 Å². The van der Waals surface area contributed by atoms with Crippen molar-refractivity contribution >= 4 is 11.6 Å². The molecule has 27 heavy (non-hydrogen) atoms. The van der Waals surface area contributed by atoms with E-state index in [1.54, 1.807) is 12.1 Å². The Morgan fingerprint density at radius 2 is 1.44 bits per heavy atom. The SMILES string of the molecule is O=C(c1ccc(CN2CCN(c3ccc(O)cc3)CC2)cc1)N1CCCC1. The maximum Gasteiger partial charge on any atom is 0.253 e. The molecular formula is C22H27N3O2. The van der Waals surface area contributed by atoms with Gasteiger partial charge in [-0.1, -0.05) is 12.1 Å². The second-order valence-electron chi connectivity index (χ2n) is 7.48. The van der Waals surface area contributed by atoms with Crippen LogP contribution in [0.2, 0.25) is 0 Å². The zero-order chi connectivity index (χ0) is 18.6. The largest absolute Gasteiger partial charge is 0.508 e. The molecule has 2 heterocycles. The van der Waals surface area contributed by atoms with E-state index >= 15 is 0 Å². The van der Waals surface area contributed by atoms with Crippen molar-refractivity contribution < 1.29 is 9.90 Å². The van der Waals surface area contributed by atoms with Crippen molar-refractivity contribution in [3.8, 4) is 5.75 Å². The first-order chi connectivity index (χ1) is 13.2. The summed E-state index contributed by atoms with van der Waals surface area (Å²) in [6.45, 7) is 6.69. The number of phenols is 1. The van der Waals surface area contributed by atoms with Crippen LogP contribution in [0.4, 0.5) is 5.69 Å². The Morgan fingerprint density at radius 3 is 2.07 bits per heavy atom. The van der Waals surface area contributed by atoms with E-state index in [1.165, 1.54) is 5.56 Å². The number of phenolic OH excluding ortho intramolecular Hbond substituents is 1. The number of likely N-dealkylation sites (tertiary alicyclic amines) is 1. The minimum atomic E-state index is 0.168. The van der Waals surface area contributed by atoms with Gasteiger partial charge in [0.05, 0.1) is 0 Å². The van der Waals surface area contributed by atoms with Crippen molar-refractivity contribution in [2.24, 2.45) is 0 Å². The minimum absolute atomic E-state index is 0.168. The first kappa shape index (κ1) is 17.9. The molecule has 0 spiro atoms. The van der Waals surface area contributed by atoms with E-state index in [0.29, 0.717) is 5.75 Å². The van der Waals surface area contributed by atoms with E-state index in [9.17, 15) is 9.90 Å². The number of hydrogen-bond acceptors (Lipinski definition) is 4. The highest BCUT2D eigenvalue weighted by molar-refractivity contribution is 5.94. The zero-order valence-electron chi connectivity index (χ0n) is 15.7. The van der Waals surface area contributed by atoms with Gasteiger partial charge in [-0.15, -0.1) is 0 Å². The van der Waals surface area contributed by atoms with Crippen molar-refractivity contribution in [2.75, 3.05) is 44.2 Å². The average molecular weight is 365 g/mol. The topological polar surface area (TPSA) is 47.0 Å². The molecule has 1 N–H and O–H groups in total. The number of benzene rings is 2. The van der Waals surface area contributed by atoms with Gasteiger partial charge >= 0.3 is 0 Å². The summed E-state index contributed by atoms with van der Waals surface area (Å²) in [5, 5.41) is 9.43. The standard InChI is InChI=1S/C22H27N3O2/c26-21-9-7-20(8-10-21)24-15-13-23(14-16-24)17-18-3-5-19(6-4-18)22(27)25-11-1-2-12-25/h3-10,26H,1-2,11-17H2. The Kier molecular flexibility index (Phi) is 5.30. The Hall–Kier alpha value is -2.53. The summed E-state index contributed by atoms with van der Waals surface area (Å²) in [5.74, 6) is 0.477. The molecule has 2 aliphatic heterocycles. The molecule has 0 radical (unpaired) electrons. The van der Waals surface area contributed by atoms with Crippen LogP contribution in [0.1, 0.15) is 28.8 Å². The third-order valence-electron chi connectivity index (χ3n) is 5.59. The highest BCUT2D eigenvalue weighted by Gasteiger charge is 2.20. The lowest BCUT2D eigenvalue weighted by Crippen LogP contribution is -2.45. The van der Waals surface area contributed by atoms with Crippen LogP contribution in [0.5, 0.6) is 5.75 Å². The first-order valence-corrected chi connectivity index (χ1v) is 9.83. The van der Waals surface area contributed by atoms with E-state index in [4.69, 9.17) is 0 Å². The van der Waals surface area contributed by atoms with E-state index in [2.05, 4.69) is 21.9 Å². The average Bonchev–Trinajstić information content (AvgIpc) is 3.24. The van der Waals surface area contributed by atoms with Gasteiger partial charge in [-0.25, -0.2) is 0 Å². The molecule has 5 nitrogen and oxygen atoms in total. The lowest BCUT2D eigenvalue weighted by molar-refractivity contribution is 0.0793. The van der Waals surface area contributed by atoms with Gasteiger partial charge in [-0.2, -0.15) is 0 Å². The van der Waals surface area contributed by atoms with Gasteiger partial charge < -0.3 is 14.9 Å². The Bertz CT molecular complexity index is 759. The predicted molar refractivity (Wildman–Crippen MR) is 107 cm³/mol. The van der Waals surface area contributed by atoms with Crippen LogP contribution in [0, 0.1) is 0 Å². The number of hydrogen-bond donors (Lipinski definition) is 1. The number of aromatic hydroxyl groups is 1. The lowest BCUT2D eigenvalue weighted by atomic mass is 10.1. The fourth-order valence-corrected chi connectivity index (χ4v) is 3.94.